The molecule has 0 aromatic carbocycles. The van der Waals surface area contributed by atoms with Crippen molar-refractivity contribution in [3.8, 4) is 0 Å². The summed E-state index contributed by atoms with van der Waals surface area (Å²) in [7, 11) is 0. The van der Waals surface area contributed by atoms with Crippen LogP contribution in [0.5, 0.6) is 0 Å². The first-order valence-corrected chi connectivity index (χ1v) is 8.02. The number of nitrogens with one attached hydrogen (secondary N) is 2. The Morgan fingerprint density at radius 1 is 1.38 bits per heavy atom. The molecule has 3 aliphatic heterocycles. The van der Waals surface area contributed by atoms with E-state index in [0.717, 1.165) is 50.6 Å². The summed E-state index contributed by atoms with van der Waals surface area (Å²) in [5, 5.41) is 10.1. The number of carbonyl (C=O) groups excluding carboxylic acids is 1. The molecule has 1 aromatic heterocycles. The van der Waals surface area contributed by atoms with Crippen LogP contribution in [-0.2, 0) is 4.74 Å². The van der Waals surface area contributed by atoms with Crippen LogP contribution in [0.15, 0.2) is 12.4 Å². The fourth-order valence-corrected chi connectivity index (χ4v) is 4.00. The van der Waals surface area contributed by atoms with E-state index in [-0.39, 0.29) is 24.2 Å². The predicted octanol–water partition coefficient (Wildman–Crippen LogP) is 1.97. The number of ether oxygens (including phenoxy) is 1. The highest BCUT2D eigenvalue weighted by molar-refractivity contribution is 5.75. The Balaban J connectivity index is 1.44. The van der Waals surface area contributed by atoms with E-state index in [9.17, 15) is 4.79 Å². The maximum Gasteiger partial charge on any atom is 0.318 e. The Bertz CT molecular complexity index is 504. The van der Waals surface area contributed by atoms with Crippen molar-refractivity contribution in [2.24, 2.45) is 0 Å². The molecule has 6 nitrogen and oxygen atoms in total. The SMILES string of the molecule is O=C(N[C@@H]1C[C@H]2CC[C@H]1O2)N1CCCC[C@H]1c1cn[nH]c1. The second-order valence-electron chi connectivity index (χ2n) is 6.40. The standard InChI is InChI=1S/C15H22N4O2/c20-15(18-12-7-11-4-5-14(12)21-11)19-6-2-1-3-13(19)10-8-16-17-9-10/h8-9,11-14H,1-7H2,(H,16,17)(H,18,20)/t11-,12-,13+,14-/m1/s1. The zero-order valence-electron chi connectivity index (χ0n) is 12.1. The van der Waals surface area contributed by atoms with Gasteiger partial charge in [-0.05, 0) is 38.5 Å². The van der Waals surface area contributed by atoms with E-state index in [2.05, 4.69) is 15.5 Å². The Labute approximate surface area is 124 Å². The van der Waals surface area contributed by atoms with Crippen LogP contribution in [0.1, 0.15) is 50.1 Å². The average molecular weight is 290 g/mol. The van der Waals surface area contributed by atoms with Crippen molar-refractivity contribution in [1.82, 2.24) is 20.4 Å². The van der Waals surface area contributed by atoms with Gasteiger partial charge >= 0.3 is 6.03 Å². The first-order chi connectivity index (χ1) is 10.3. The highest BCUT2D eigenvalue weighted by Crippen LogP contribution is 2.35. The molecule has 4 atom stereocenters. The lowest BCUT2D eigenvalue weighted by atomic mass is 9.95. The molecule has 2 N–H and O–H groups in total. The van der Waals surface area contributed by atoms with Crippen molar-refractivity contribution in [1.29, 1.82) is 0 Å². The molecular formula is C15H22N4O2. The fourth-order valence-electron chi connectivity index (χ4n) is 4.00. The summed E-state index contributed by atoms with van der Waals surface area (Å²) in [6, 6.07) is 0.405. The second kappa shape index (κ2) is 5.33. The third-order valence-electron chi connectivity index (χ3n) is 5.08. The lowest BCUT2D eigenvalue weighted by Crippen LogP contribution is -2.50. The molecule has 2 amide bonds. The van der Waals surface area contributed by atoms with Gasteiger partial charge in [-0.3, -0.25) is 5.10 Å². The molecule has 0 aliphatic carbocycles. The molecule has 4 heterocycles. The third-order valence-corrected chi connectivity index (χ3v) is 5.08. The number of aromatic nitrogens is 2. The molecule has 114 valence electrons. The number of carbonyl (C=O) groups is 1. The summed E-state index contributed by atoms with van der Waals surface area (Å²) in [6.07, 6.45) is 10.8. The van der Waals surface area contributed by atoms with Crippen LogP contribution in [0.3, 0.4) is 0 Å². The van der Waals surface area contributed by atoms with E-state index in [1.807, 2.05) is 17.3 Å². The first kappa shape index (κ1) is 13.1. The molecule has 6 heteroatoms. The van der Waals surface area contributed by atoms with Crippen LogP contribution in [0.25, 0.3) is 0 Å². The molecule has 21 heavy (non-hydrogen) atoms. The summed E-state index contributed by atoms with van der Waals surface area (Å²) in [6.45, 7) is 0.823. The van der Waals surface area contributed by atoms with E-state index in [4.69, 9.17) is 4.74 Å². The van der Waals surface area contributed by atoms with Gasteiger partial charge in [-0.15, -0.1) is 0 Å². The van der Waals surface area contributed by atoms with Crippen molar-refractivity contribution in [2.75, 3.05) is 6.54 Å². The minimum Gasteiger partial charge on any atom is -0.373 e. The topological polar surface area (TPSA) is 70.2 Å². The summed E-state index contributed by atoms with van der Waals surface area (Å²) < 4.78 is 5.82. The Kier molecular flexibility index (Phi) is 3.33. The minimum absolute atomic E-state index is 0.0575. The number of H-pyrrole nitrogens is 1. The molecule has 2 bridgehead atoms. The van der Waals surface area contributed by atoms with Crippen molar-refractivity contribution in [2.45, 2.75) is 62.8 Å². The number of urea groups is 1. The largest absolute Gasteiger partial charge is 0.373 e. The zero-order chi connectivity index (χ0) is 14.2. The summed E-state index contributed by atoms with van der Waals surface area (Å²) in [5.74, 6) is 0. The molecule has 1 aromatic rings. The Morgan fingerprint density at radius 3 is 3.05 bits per heavy atom. The number of aromatic amines is 1. The normalized spacial score (nSPS) is 35.1. The van der Waals surface area contributed by atoms with Crippen molar-refractivity contribution < 1.29 is 9.53 Å². The molecule has 4 rings (SSSR count). The van der Waals surface area contributed by atoms with Crippen molar-refractivity contribution >= 4 is 6.03 Å². The second-order valence-corrected chi connectivity index (χ2v) is 6.40. The van der Waals surface area contributed by atoms with Gasteiger partial charge in [0.1, 0.15) is 0 Å². The van der Waals surface area contributed by atoms with Crippen molar-refractivity contribution in [3.63, 3.8) is 0 Å². The van der Waals surface area contributed by atoms with Crippen LogP contribution in [-0.4, -0.2) is 45.9 Å². The fraction of sp³-hybridized carbons (Fsp3) is 0.733. The number of piperidine rings is 1. The van der Waals surface area contributed by atoms with E-state index in [1.165, 1.54) is 0 Å². The monoisotopic (exact) mass is 290 g/mol. The van der Waals surface area contributed by atoms with Crippen LogP contribution in [0.4, 0.5) is 4.79 Å². The summed E-state index contributed by atoms with van der Waals surface area (Å²) in [5.41, 5.74) is 1.11. The number of hydrogen-bond donors (Lipinski definition) is 2. The van der Waals surface area contributed by atoms with Crippen LogP contribution in [0, 0.1) is 0 Å². The molecule has 3 fully saturated rings. The Morgan fingerprint density at radius 2 is 2.33 bits per heavy atom. The van der Waals surface area contributed by atoms with Gasteiger partial charge in [-0.2, -0.15) is 5.10 Å². The average Bonchev–Trinajstić information content (AvgIpc) is 3.25. The van der Waals surface area contributed by atoms with E-state index in [0.29, 0.717) is 6.10 Å². The number of likely N-dealkylation sites (tertiary alicyclic amines) is 1. The summed E-state index contributed by atoms with van der Waals surface area (Å²) >= 11 is 0. The summed E-state index contributed by atoms with van der Waals surface area (Å²) in [4.78, 5) is 14.6. The van der Waals surface area contributed by atoms with E-state index >= 15 is 0 Å². The van der Waals surface area contributed by atoms with Gasteiger partial charge in [0, 0.05) is 18.3 Å². The minimum atomic E-state index is 0.0575. The Hall–Kier alpha value is -1.56. The number of nitrogens with zero attached hydrogens (tertiary/aromatic N) is 2. The maximum absolute atomic E-state index is 12.7. The van der Waals surface area contributed by atoms with E-state index < -0.39 is 0 Å². The molecule has 3 saturated heterocycles. The van der Waals surface area contributed by atoms with Crippen LogP contribution in [0.2, 0.25) is 0 Å². The van der Waals surface area contributed by atoms with Crippen LogP contribution >= 0.6 is 0 Å². The zero-order valence-corrected chi connectivity index (χ0v) is 12.1. The number of amides is 2. The molecule has 3 aliphatic rings. The first-order valence-electron chi connectivity index (χ1n) is 8.02. The third kappa shape index (κ3) is 2.41. The molecule has 0 unspecified atom stereocenters. The molecule has 0 saturated carbocycles. The van der Waals surface area contributed by atoms with Crippen molar-refractivity contribution in [3.05, 3.63) is 18.0 Å². The molecule has 0 spiro atoms. The number of fused-ring (bicyclic) bond motifs is 2. The van der Waals surface area contributed by atoms with Gasteiger partial charge in [-0.1, -0.05) is 0 Å². The van der Waals surface area contributed by atoms with Gasteiger partial charge in [0.25, 0.3) is 0 Å². The van der Waals surface area contributed by atoms with E-state index in [1.54, 1.807) is 0 Å². The lowest BCUT2D eigenvalue weighted by Gasteiger charge is -2.36. The van der Waals surface area contributed by atoms with Gasteiger partial charge in [0.15, 0.2) is 0 Å². The highest BCUT2D eigenvalue weighted by atomic mass is 16.5. The quantitative estimate of drug-likeness (QED) is 0.875. The maximum atomic E-state index is 12.7. The smallest absolute Gasteiger partial charge is 0.318 e. The molecular weight excluding hydrogens is 268 g/mol. The predicted molar refractivity (Wildman–Crippen MR) is 76.7 cm³/mol. The molecule has 0 radical (unpaired) electrons. The van der Waals surface area contributed by atoms with Gasteiger partial charge in [-0.25, -0.2) is 4.79 Å². The number of hydrogen-bond acceptors (Lipinski definition) is 3. The highest BCUT2D eigenvalue weighted by Gasteiger charge is 2.42. The number of rotatable bonds is 2. The van der Waals surface area contributed by atoms with Gasteiger partial charge in [0.2, 0.25) is 0 Å². The lowest BCUT2D eigenvalue weighted by molar-refractivity contribution is 0.0951. The van der Waals surface area contributed by atoms with Gasteiger partial charge in [0.05, 0.1) is 30.5 Å². The van der Waals surface area contributed by atoms with Crippen LogP contribution < -0.4 is 5.32 Å². The van der Waals surface area contributed by atoms with Gasteiger partial charge < -0.3 is 15.0 Å².